The Kier molecular flexibility index (Phi) is 4.72. The second-order valence-corrected chi connectivity index (χ2v) is 7.73. The lowest BCUT2D eigenvalue weighted by atomic mass is 9.98. The summed E-state index contributed by atoms with van der Waals surface area (Å²) < 4.78 is 1.65. The third kappa shape index (κ3) is 3.48. The molecule has 2 saturated heterocycles. The normalized spacial score (nSPS) is 22.7. The van der Waals surface area contributed by atoms with E-state index in [1.807, 2.05) is 41.0 Å². The number of fused-ring (bicyclic) bond motifs is 1. The number of carbonyl (C=O) groups is 2. The van der Waals surface area contributed by atoms with Crippen molar-refractivity contribution < 1.29 is 9.59 Å². The molecule has 2 fully saturated rings. The average molecular weight is 366 g/mol. The zero-order valence-corrected chi connectivity index (χ0v) is 16.0. The van der Waals surface area contributed by atoms with Gasteiger partial charge in [-0.1, -0.05) is 30.3 Å². The van der Waals surface area contributed by atoms with E-state index in [0.29, 0.717) is 37.7 Å². The Hall–Kier alpha value is -2.63. The van der Waals surface area contributed by atoms with Gasteiger partial charge in [0.25, 0.3) is 5.91 Å². The van der Waals surface area contributed by atoms with E-state index in [1.54, 1.807) is 11.7 Å². The van der Waals surface area contributed by atoms with Crippen LogP contribution < -0.4 is 0 Å². The summed E-state index contributed by atoms with van der Waals surface area (Å²) in [6, 6.07) is 12.0. The van der Waals surface area contributed by atoms with Crippen molar-refractivity contribution in [1.29, 1.82) is 0 Å². The van der Waals surface area contributed by atoms with Gasteiger partial charge in [0, 0.05) is 33.1 Å². The first-order valence-corrected chi connectivity index (χ1v) is 9.66. The van der Waals surface area contributed by atoms with Gasteiger partial charge < -0.3 is 9.80 Å². The third-order valence-corrected chi connectivity index (χ3v) is 5.80. The molecule has 3 heterocycles. The van der Waals surface area contributed by atoms with Crippen molar-refractivity contribution in [2.45, 2.75) is 38.8 Å². The number of benzene rings is 1. The molecule has 0 spiro atoms. The van der Waals surface area contributed by atoms with Gasteiger partial charge in [0.1, 0.15) is 5.69 Å². The lowest BCUT2D eigenvalue weighted by molar-refractivity contribution is -0.133. The van der Waals surface area contributed by atoms with Crippen LogP contribution in [-0.4, -0.2) is 50.5 Å². The monoisotopic (exact) mass is 366 g/mol. The summed E-state index contributed by atoms with van der Waals surface area (Å²) in [4.78, 5) is 29.7. The Bertz CT molecular complexity index is 845. The van der Waals surface area contributed by atoms with Gasteiger partial charge in [-0.2, -0.15) is 5.10 Å². The second-order valence-electron chi connectivity index (χ2n) is 7.73. The maximum absolute atomic E-state index is 13.0. The predicted octanol–water partition coefficient (Wildman–Crippen LogP) is 2.38. The molecule has 0 N–H and O–H groups in total. The number of rotatable bonds is 3. The SMILES string of the molecule is Cc1cc(C(=O)N2C[C@H]3CCCC(=O)N(Cc4ccccc4)[C@H]3C2)n(C)n1. The van der Waals surface area contributed by atoms with Crippen molar-refractivity contribution in [3.8, 4) is 0 Å². The molecule has 0 aliphatic carbocycles. The first kappa shape index (κ1) is 17.8. The van der Waals surface area contributed by atoms with Crippen LogP contribution in [0.5, 0.6) is 0 Å². The number of carbonyl (C=O) groups excluding carboxylic acids is 2. The number of aromatic nitrogens is 2. The van der Waals surface area contributed by atoms with Gasteiger partial charge in [0.05, 0.1) is 11.7 Å². The fourth-order valence-corrected chi connectivity index (χ4v) is 4.46. The Morgan fingerprint density at radius 1 is 1.22 bits per heavy atom. The van der Waals surface area contributed by atoms with Gasteiger partial charge >= 0.3 is 0 Å². The van der Waals surface area contributed by atoms with Crippen molar-refractivity contribution in [2.75, 3.05) is 13.1 Å². The van der Waals surface area contributed by atoms with Crippen LogP contribution in [0.1, 0.15) is 41.0 Å². The minimum atomic E-state index is 0.0123. The van der Waals surface area contributed by atoms with Gasteiger partial charge in [-0.3, -0.25) is 14.3 Å². The van der Waals surface area contributed by atoms with E-state index in [-0.39, 0.29) is 17.9 Å². The molecule has 2 aliphatic heterocycles. The highest BCUT2D eigenvalue weighted by atomic mass is 16.2. The molecule has 6 heteroatoms. The zero-order chi connectivity index (χ0) is 19.0. The van der Waals surface area contributed by atoms with E-state index in [9.17, 15) is 9.59 Å². The van der Waals surface area contributed by atoms with Crippen LogP contribution >= 0.6 is 0 Å². The molecule has 27 heavy (non-hydrogen) atoms. The topological polar surface area (TPSA) is 58.4 Å². The molecule has 4 rings (SSSR count). The highest BCUT2D eigenvalue weighted by Gasteiger charge is 2.42. The molecular weight excluding hydrogens is 340 g/mol. The molecule has 0 unspecified atom stereocenters. The van der Waals surface area contributed by atoms with Crippen LogP contribution in [0.15, 0.2) is 36.4 Å². The van der Waals surface area contributed by atoms with E-state index in [2.05, 4.69) is 17.2 Å². The van der Waals surface area contributed by atoms with E-state index >= 15 is 0 Å². The van der Waals surface area contributed by atoms with Crippen LogP contribution in [-0.2, 0) is 18.4 Å². The first-order valence-electron chi connectivity index (χ1n) is 9.66. The molecule has 1 aromatic heterocycles. The number of amides is 2. The lowest BCUT2D eigenvalue weighted by Gasteiger charge is -2.30. The third-order valence-electron chi connectivity index (χ3n) is 5.80. The van der Waals surface area contributed by atoms with E-state index in [1.165, 1.54) is 0 Å². The van der Waals surface area contributed by atoms with Crippen molar-refractivity contribution in [3.05, 3.63) is 53.3 Å². The lowest BCUT2D eigenvalue weighted by Crippen LogP contribution is -2.43. The molecule has 2 aromatic rings. The van der Waals surface area contributed by atoms with Gasteiger partial charge in [0.15, 0.2) is 0 Å². The first-order chi connectivity index (χ1) is 13.0. The number of aryl methyl sites for hydroxylation is 2. The van der Waals surface area contributed by atoms with Crippen molar-refractivity contribution in [2.24, 2.45) is 13.0 Å². The molecule has 6 nitrogen and oxygen atoms in total. The van der Waals surface area contributed by atoms with Gasteiger partial charge in [0.2, 0.25) is 5.91 Å². The van der Waals surface area contributed by atoms with E-state index < -0.39 is 0 Å². The van der Waals surface area contributed by atoms with Crippen LogP contribution in [0.3, 0.4) is 0 Å². The van der Waals surface area contributed by atoms with Crippen molar-refractivity contribution >= 4 is 11.8 Å². The van der Waals surface area contributed by atoms with Crippen LogP contribution in [0, 0.1) is 12.8 Å². The summed E-state index contributed by atoms with van der Waals surface area (Å²) in [7, 11) is 1.81. The van der Waals surface area contributed by atoms with Crippen molar-refractivity contribution in [3.63, 3.8) is 0 Å². The minimum absolute atomic E-state index is 0.0123. The summed E-state index contributed by atoms with van der Waals surface area (Å²) in [5.41, 5.74) is 2.60. The highest BCUT2D eigenvalue weighted by molar-refractivity contribution is 5.93. The Labute approximate surface area is 159 Å². The summed E-state index contributed by atoms with van der Waals surface area (Å²) in [6.45, 7) is 3.83. The fraction of sp³-hybridized carbons (Fsp3) is 0.476. The van der Waals surface area contributed by atoms with E-state index in [4.69, 9.17) is 0 Å². The number of hydrogen-bond donors (Lipinski definition) is 0. The Morgan fingerprint density at radius 2 is 2.00 bits per heavy atom. The minimum Gasteiger partial charge on any atom is -0.335 e. The van der Waals surface area contributed by atoms with Crippen molar-refractivity contribution in [1.82, 2.24) is 19.6 Å². The molecule has 0 radical (unpaired) electrons. The summed E-state index contributed by atoms with van der Waals surface area (Å²) >= 11 is 0. The van der Waals surface area contributed by atoms with Gasteiger partial charge in [-0.05, 0) is 37.3 Å². The molecule has 0 saturated carbocycles. The molecule has 1 aromatic carbocycles. The summed E-state index contributed by atoms with van der Waals surface area (Å²) in [5.74, 6) is 0.564. The second kappa shape index (κ2) is 7.18. The molecule has 2 atom stereocenters. The highest BCUT2D eigenvalue weighted by Crippen LogP contribution is 2.32. The number of hydrogen-bond acceptors (Lipinski definition) is 3. The Balaban J connectivity index is 1.56. The van der Waals surface area contributed by atoms with Crippen LogP contribution in [0.2, 0.25) is 0 Å². The maximum Gasteiger partial charge on any atom is 0.272 e. The number of nitrogens with zero attached hydrogens (tertiary/aromatic N) is 4. The molecule has 2 aliphatic rings. The fourth-order valence-electron chi connectivity index (χ4n) is 4.46. The standard InChI is InChI=1S/C21H26N4O2/c1-15-11-18(23(2)22-15)21(27)24-13-17-9-6-10-20(26)25(19(17)14-24)12-16-7-4-3-5-8-16/h3-5,7-8,11,17,19H,6,9-10,12-14H2,1-2H3/t17-,19+/m1/s1. The van der Waals surface area contributed by atoms with Gasteiger partial charge in [-0.15, -0.1) is 0 Å². The maximum atomic E-state index is 13.0. The number of likely N-dealkylation sites (tertiary alicyclic amines) is 2. The molecule has 142 valence electrons. The largest absolute Gasteiger partial charge is 0.335 e. The van der Waals surface area contributed by atoms with Gasteiger partial charge in [-0.25, -0.2) is 0 Å². The predicted molar refractivity (Wildman–Crippen MR) is 102 cm³/mol. The Morgan fingerprint density at radius 3 is 2.70 bits per heavy atom. The molecular formula is C21H26N4O2. The van der Waals surface area contributed by atoms with E-state index in [0.717, 1.165) is 24.1 Å². The van der Waals surface area contributed by atoms with Crippen LogP contribution in [0.25, 0.3) is 0 Å². The smallest absolute Gasteiger partial charge is 0.272 e. The summed E-state index contributed by atoms with van der Waals surface area (Å²) in [5, 5.41) is 4.30. The quantitative estimate of drug-likeness (QED) is 0.838. The zero-order valence-electron chi connectivity index (χ0n) is 16.0. The van der Waals surface area contributed by atoms with Crippen LogP contribution in [0.4, 0.5) is 0 Å². The molecule has 2 amide bonds. The summed E-state index contributed by atoms with van der Waals surface area (Å²) in [6.07, 6.45) is 2.50. The average Bonchev–Trinajstić information content (AvgIpc) is 3.19. The molecule has 0 bridgehead atoms.